The zero-order chi connectivity index (χ0) is 19.6. The molecule has 0 bridgehead atoms. The molecule has 0 spiro atoms. The van der Waals surface area contributed by atoms with Gasteiger partial charge in [-0.15, -0.1) is 0 Å². The zero-order valence-electron chi connectivity index (χ0n) is 17.5. The minimum absolute atomic E-state index is 0.545. The molecule has 0 saturated heterocycles. The smallest absolute Gasteiger partial charge is 0.119 e. The highest BCUT2D eigenvalue weighted by Gasteiger charge is 2.21. The number of aryl methyl sites for hydroxylation is 1. The molecule has 0 unspecified atom stereocenters. The summed E-state index contributed by atoms with van der Waals surface area (Å²) in [5.41, 5.74) is 4.05. The van der Waals surface area contributed by atoms with Gasteiger partial charge in [0.2, 0.25) is 0 Å². The number of hydrogen-bond acceptors (Lipinski definition) is 1. The van der Waals surface area contributed by atoms with Gasteiger partial charge in [-0.2, -0.15) is 0 Å². The van der Waals surface area contributed by atoms with Gasteiger partial charge in [-0.3, -0.25) is 0 Å². The molecule has 0 radical (unpaired) electrons. The van der Waals surface area contributed by atoms with Crippen LogP contribution >= 0.6 is 0 Å². The van der Waals surface area contributed by atoms with Crippen molar-refractivity contribution in [1.29, 1.82) is 0 Å². The van der Waals surface area contributed by atoms with Gasteiger partial charge in [0, 0.05) is 11.5 Å². The van der Waals surface area contributed by atoms with Crippen molar-refractivity contribution in [3.8, 4) is 17.6 Å². The third kappa shape index (κ3) is 6.16. The first-order valence-corrected chi connectivity index (χ1v) is 11.1. The molecule has 1 aliphatic rings. The van der Waals surface area contributed by atoms with Crippen LogP contribution in [0.3, 0.4) is 0 Å². The number of benzene rings is 2. The van der Waals surface area contributed by atoms with E-state index in [0.717, 1.165) is 17.9 Å². The van der Waals surface area contributed by atoms with Crippen LogP contribution in [0.25, 0.3) is 0 Å². The Labute approximate surface area is 171 Å². The molecule has 0 N–H and O–H groups in total. The molecule has 0 aromatic heterocycles. The molecule has 1 heteroatoms. The first-order valence-electron chi connectivity index (χ1n) is 11.1. The number of rotatable bonds is 7. The van der Waals surface area contributed by atoms with Crippen molar-refractivity contribution in [2.24, 2.45) is 5.92 Å². The fraction of sp³-hybridized carbons (Fsp3) is 0.481. The molecule has 28 heavy (non-hydrogen) atoms. The summed E-state index contributed by atoms with van der Waals surface area (Å²) in [6.07, 6.45) is 9.98. The van der Waals surface area contributed by atoms with Crippen LogP contribution in [0.5, 0.6) is 5.75 Å². The van der Waals surface area contributed by atoms with Crippen molar-refractivity contribution < 1.29 is 4.74 Å². The van der Waals surface area contributed by atoms with Gasteiger partial charge < -0.3 is 4.74 Å². The van der Waals surface area contributed by atoms with Crippen LogP contribution in [0, 0.1) is 17.8 Å². The summed E-state index contributed by atoms with van der Waals surface area (Å²) in [5.74, 6) is 9.15. The molecule has 3 rings (SSSR count). The van der Waals surface area contributed by atoms with E-state index in [4.69, 9.17) is 4.74 Å². The lowest BCUT2D eigenvalue weighted by molar-refractivity contribution is 0.339. The van der Waals surface area contributed by atoms with E-state index in [0.29, 0.717) is 11.8 Å². The predicted molar refractivity (Wildman–Crippen MR) is 119 cm³/mol. The second kappa shape index (κ2) is 11.0. The van der Waals surface area contributed by atoms with Gasteiger partial charge in [-0.1, -0.05) is 55.9 Å². The average molecular weight is 375 g/mol. The van der Waals surface area contributed by atoms with Gasteiger partial charge in [-0.25, -0.2) is 0 Å². The van der Waals surface area contributed by atoms with Crippen LogP contribution in [0.4, 0.5) is 0 Å². The Morgan fingerprint density at radius 1 is 0.857 bits per heavy atom. The molecular formula is C27H34O. The fourth-order valence-electron chi connectivity index (χ4n) is 4.09. The van der Waals surface area contributed by atoms with Crippen LogP contribution in [0.1, 0.15) is 81.4 Å². The SMILES string of the molecule is CCCCCc1ccc(C#C[C@H]2CC[C@H](c3ccc(OCC)cc3)CC2)cc1. The minimum atomic E-state index is 0.545. The van der Waals surface area contributed by atoms with Gasteiger partial charge in [0.15, 0.2) is 0 Å². The van der Waals surface area contributed by atoms with Gasteiger partial charge >= 0.3 is 0 Å². The Morgan fingerprint density at radius 3 is 2.21 bits per heavy atom. The fourth-order valence-corrected chi connectivity index (χ4v) is 4.09. The second-order valence-electron chi connectivity index (χ2n) is 7.97. The highest BCUT2D eigenvalue weighted by molar-refractivity contribution is 5.37. The van der Waals surface area contributed by atoms with Crippen molar-refractivity contribution in [3.63, 3.8) is 0 Å². The third-order valence-electron chi connectivity index (χ3n) is 5.83. The lowest BCUT2D eigenvalue weighted by Crippen LogP contribution is -2.12. The molecule has 148 valence electrons. The van der Waals surface area contributed by atoms with E-state index < -0.39 is 0 Å². The maximum Gasteiger partial charge on any atom is 0.119 e. The maximum absolute atomic E-state index is 5.55. The first-order chi connectivity index (χ1) is 13.8. The summed E-state index contributed by atoms with van der Waals surface area (Å²) in [7, 11) is 0. The van der Waals surface area contributed by atoms with E-state index >= 15 is 0 Å². The minimum Gasteiger partial charge on any atom is -0.494 e. The Morgan fingerprint density at radius 2 is 1.57 bits per heavy atom. The first kappa shape index (κ1) is 20.5. The molecule has 0 heterocycles. The van der Waals surface area contributed by atoms with E-state index in [1.807, 2.05) is 6.92 Å². The van der Waals surface area contributed by atoms with E-state index in [2.05, 4.69) is 67.3 Å². The van der Waals surface area contributed by atoms with Crippen molar-refractivity contribution in [3.05, 3.63) is 65.2 Å². The second-order valence-corrected chi connectivity index (χ2v) is 7.97. The van der Waals surface area contributed by atoms with Gasteiger partial charge in [-0.05, 0) is 86.8 Å². The largest absolute Gasteiger partial charge is 0.494 e. The molecule has 2 aromatic carbocycles. The van der Waals surface area contributed by atoms with Crippen molar-refractivity contribution in [1.82, 2.24) is 0 Å². The summed E-state index contributed by atoms with van der Waals surface area (Å²) in [6.45, 7) is 5.01. The Hall–Kier alpha value is -2.20. The quantitative estimate of drug-likeness (QED) is 0.369. The number of unbranched alkanes of at least 4 members (excludes halogenated alkanes) is 2. The van der Waals surface area contributed by atoms with Crippen LogP contribution in [0.15, 0.2) is 48.5 Å². The standard InChI is InChI=1S/C27H34O/c1-3-5-6-7-22-8-10-23(11-9-22)12-13-24-14-16-25(17-15-24)26-18-20-27(21-19-26)28-4-2/h8-11,18-21,24-25H,3-7,14-17H2,1-2H3/t24-,25-. The predicted octanol–water partition coefficient (Wildman–Crippen LogP) is 7.14. The summed E-state index contributed by atoms with van der Waals surface area (Å²) in [6, 6.07) is 17.6. The van der Waals surface area contributed by atoms with E-state index in [9.17, 15) is 0 Å². The van der Waals surface area contributed by atoms with Crippen molar-refractivity contribution >= 4 is 0 Å². The molecular weight excluding hydrogens is 340 g/mol. The Kier molecular flexibility index (Phi) is 8.04. The van der Waals surface area contributed by atoms with E-state index in [1.165, 1.54) is 62.5 Å². The molecule has 0 aliphatic heterocycles. The summed E-state index contributed by atoms with van der Waals surface area (Å²) in [5, 5.41) is 0. The number of hydrogen-bond donors (Lipinski definition) is 0. The summed E-state index contributed by atoms with van der Waals surface area (Å²) >= 11 is 0. The average Bonchev–Trinajstić information content (AvgIpc) is 2.75. The van der Waals surface area contributed by atoms with Crippen molar-refractivity contribution in [2.75, 3.05) is 6.61 Å². The summed E-state index contributed by atoms with van der Waals surface area (Å²) < 4.78 is 5.55. The normalized spacial score (nSPS) is 18.9. The van der Waals surface area contributed by atoms with Crippen LogP contribution in [0.2, 0.25) is 0 Å². The van der Waals surface area contributed by atoms with E-state index in [-0.39, 0.29) is 0 Å². The molecule has 1 nitrogen and oxygen atoms in total. The lowest BCUT2D eigenvalue weighted by atomic mass is 9.79. The molecule has 1 aliphatic carbocycles. The van der Waals surface area contributed by atoms with Crippen LogP contribution < -0.4 is 4.74 Å². The van der Waals surface area contributed by atoms with Crippen LogP contribution in [-0.4, -0.2) is 6.61 Å². The zero-order valence-corrected chi connectivity index (χ0v) is 17.5. The van der Waals surface area contributed by atoms with Gasteiger partial charge in [0.1, 0.15) is 5.75 Å². The molecule has 0 amide bonds. The third-order valence-corrected chi connectivity index (χ3v) is 5.83. The molecule has 2 aromatic rings. The summed E-state index contributed by atoms with van der Waals surface area (Å²) in [4.78, 5) is 0. The highest BCUT2D eigenvalue weighted by atomic mass is 16.5. The van der Waals surface area contributed by atoms with Crippen LogP contribution in [-0.2, 0) is 6.42 Å². The topological polar surface area (TPSA) is 9.23 Å². The lowest BCUT2D eigenvalue weighted by Gasteiger charge is -2.26. The monoisotopic (exact) mass is 374 g/mol. The highest BCUT2D eigenvalue weighted by Crippen LogP contribution is 2.36. The van der Waals surface area contributed by atoms with Crippen molar-refractivity contribution in [2.45, 2.75) is 71.1 Å². The Balaban J connectivity index is 1.48. The van der Waals surface area contributed by atoms with Gasteiger partial charge in [0.05, 0.1) is 6.61 Å². The maximum atomic E-state index is 5.55. The van der Waals surface area contributed by atoms with Gasteiger partial charge in [0.25, 0.3) is 0 Å². The van der Waals surface area contributed by atoms with E-state index in [1.54, 1.807) is 0 Å². The molecule has 0 atom stereocenters. The molecule has 1 saturated carbocycles. The molecule has 1 fully saturated rings. The Bertz CT molecular complexity index is 753. The number of ether oxygens (including phenoxy) is 1.